The monoisotopic (exact) mass is 477 g/mol. The van der Waals surface area contributed by atoms with Crippen molar-refractivity contribution in [2.75, 3.05) is 5.32 Å². The highest BCUT2D eigenvalue weighted by Crippen LogP contribution is 2.38. The third-order valence-electron chi connectivity index (χ3n) is 6.21. The van der Waals surface area contributed by atoms with Crippen molar-refractivity contribution in [1.82, 2.24) is 14.5 Å². The average molecular weight is 478 g/mol. The van der Waals surface area contributed by atoms with E-state index in [1.807, 2.05) is 78.5 Å². The Hall–Kier alpha value is -4.29. The van der Waals surface area contributed by atoms with Crippen LogP contribution in [0.3, 0.4) is 0 Å². The van der Waals surface area contributed by atoms with E-state index in [0.29, 0.717) is 16.4 Å². The molecule has 5 aromatic rings. The van der Waals surface area contributed by atoms with Crippen LogP contribution in [0.4, 0.5) is 11.4 Å². The summed E-state index contributed by atoms with van der Waals surface area (Å²) in [5.74, 6) is 0.186. The number of nitrogens with one attached hydrogen (secondary N) is 1. The summed E-state index contributed by atoms with van der Waals surface area (Å²) in [6.45, 7) is 0. The van der Waals surface area contributed by atoms with E-state index in [-0.39, 0.29) is 5.91 Å². The first-order valence-electron chi connectivity index (χ1n) is 11.2. The van der Waals surface area contributed by atoms with Gasteiger partial charge in [0, 0.05) is 47.3 Å². The molecule has 0 radical (unpaired) electrons. The van der Waals surface area contributed by atoms with Gasteiger partial charge in [0.2, 0.25) is 5.91 Å². The first kappa shape index (κ1) is 21.3. The molecule has 3 heterocycles. The third-order valence-corrected chi connectivity index (χ3v) is 6.45. The van der Waals surface area contributed by atoms with Gasteiger partial charge in [-0.25, -0.2) is 4.98 Å². The SMILES string of the molecule is Cn1ccnc1-c1ccc(N=C(c2ccc3ncccc3c2)C2C(=O)Nc3cc(Cl)ccc32)cc1. The molecule has 6 nitrogen and oxygen atoms in total. The van der Waals surface area contributed by atoms with Gasteiger partial charge in [0.25, 0.3) is 0 Å². The number of imidazole rings is 1. The maximum absolute atomic E-state index is 13.2. The molecule has 7 heteroatoms. The number of aryl methyl sites for hydroxylation is 1. The molecule has 1 amide bonds. The van der Waals surface area contributed by atoms with Gasteiger partial charge < -0.3 is 9.88 Å². The van der Waals surface area contributed by atoms with Crippen molar-refractivity contribution < 1.29 is 4.79 Å². The molecule has 1 aliphatic rings. The Morgan fingerprint density at radius 2 is 1.86 bits per heavy atom. The maximum Gasteiger partial charge on any atom is 0.238 e. The minimum Gasteiger partial charge on any atom is -0.334 e. The number of amides is 1. The lowest BCUT2D eigenvalue weighted by Gasteiger charge is -2.15. The van der Waals surface area contributed by atoms with Crippen LogP contribution in [0.1, 0.15) is 17.0 Å². The van der Waals surface area contributed by atoms with Crippen LogP contribution in [-0.4, -0.2) is 26.2 Å². The number of rotatable bonds is 4. The number of benzene rings is 3. The standard InChI is InChI=1S/C28H20ClN5O/c1-34-14-13-31-27(34)17-4-8-21(9-5-17)32-26(19-6-11-23-18(15-19)3-2-12-30-23)25-22-10-7-20(29)16-24(22)33-28(25)35/h2-16,25H,1H3,(H,33,35). The molecule has 1 N–H and O–H groups in total. The number of anilines is 1. The number of aromatic nitrogens is 3. The Morgan fingerprint density at radius 1 is 1.00 bits per heavy atom. The predicted octanol–water partition coefficient (Wildman–Crippen LogP) is 6.15. The van der Waals surface area contributed by atoms with E-state index < -0.39 is 5.92 Å². The molecule has 1 unspecified atom stereocenters. The van der Waals surface area contributed by atoms with Gasteiger partial charge in [-0.3, -0.25) is 14.8 Å². The smallest absolute Gasteiger partial charge is 0.238 e. The summed E-state index contributed by atoms with van der Waals surface area (Å²) in [7, 11) is 1.96. The second-order valence-corrected chi connectivity index (χ2v) is 8.91. The molecule has 0 spiro atoms. The van der Waals surface area contributed by atoms with Gasteiger partial charge >= 0.3 is 0 Å². The van der Waals surface area contributed by atoms with Crippen molar-refractivity contribution in [2.24, 2.45) is 12.0 Å². The van der Waals surface area contributed by atoms with Crippen molar-refractivity contribution >= 4 is 45.5 Å². The molecule has 0 saturated heterocycles. The number of aliphatic imine (C=N–C) groups is 1. The Labute approximate surface area is 207 Å². The van der Waals surface area contributed by atoms with Crippen LogP contribution in [0, 0.1) is 0 Å². The number of fused-ring (bicyclic) bond motifs is 2. The zero-order chi connectivity index (χ0) is 23.9. The summed E-state index contributed by atoms with van der Waals surface area (Å²) in [6, 6.07) is 23.2. The van der Waals surface area contributed by atoms with E-state index in [2.05, 4.69) is 15.3 Å². The molecule has 0 saturated carbocycles. The van der Waals surface area contributed by atoms with Gasteiger partial charge in [0.1, 0.15) is 11.7 Å². The molecule has 35 heavy (non-hydrogen) atoms. The third kappa shape index (κ3) is 3.88. The zero-order valence-corrected chi connectivity index (χ0v) is 19.6. The fourth-order valence-corrected chi connectivity index (χ4v) is 4.68. The number of halogens is 1. The van der Waals surface area contributed by atoms with Crippen LogP contribution >= 0.6 is 11.6 Å². The highest BCUT2D eigenvalue weighted by molar-refractivity contribution is 6.31. The van der Waals surface area contributed by atoms with E-state index >= 15 is 0 Å². The van der Waals surface area contributed by atoms with Gasteiger partial charge in [0.15, 0.2) is 0 Å². The molecule has 3 aromatic carbocycles. The van der Waals surface area contributed by atoms with E-state index in [9.17, 15) is 4.79 Å². The molecular formula is C28H20ClN5O. The number of pyridine rings is 1. The average Bonchev–Trinajstić information content (AvgIpc) is 3.44. The van der Waals surface area contributed by atoms with Gasteiger partial charge in [-0.1, -0.05) is 29.8 Å². The Balaban J connectivity index is 1.49. The van der Waals surface area contributed by atoms with E-state index in [1.54, 1.807) is 24.5 Å². The molecule has 0 fully saturated rings. The quantitative estimate of drug-likeness (QED) is 0.316. The fraction of sp³-hybridized carbons (Fsp3) is 0.0714. The minimum atomic E-state index is -0.564. The number of carbonyl (C=O) groups is 1. The van der Waals surface area contributed by atoms with Crippen molar-refractivity contribution in [1.29, 1.82) is 0 Å². The van der Waals surface area contributed by atoms with Gasteiger partial charge in [-0.2, -0.15) is 0 Å². The van der Waals surface area contributed by atoms with Crippen molar-refractivity contribution in [3.8, 4) is 11.4 Å². The fourth-order valence-electron chi connectivity index (χ4n) is 4.50. The molecule has 1 aliphatic heterocycles. The number of carbonyl (C=O) groups excluding carboxylic acids is 1. The lowest BCUT2D eigenvalue weighted by atomic mass is 9.90. The second-order valence-electron chi connectivity index (χ2n) is 8.47. The molecular weight excluding hydrogens is 458 g/mol. The number of nitrogens with zero attached hydrogens (tertiary/aromatic N) is 4. The van der Waals surface area contributed by atoms with E-state index in [0.717, 1.165) is 39.1 Å². The lowest BCUT2D eigenvalue weighted by molar-refractivity contribution is -0.115. The summed E-state index contributed by atoms with van der Waals surface area (Å²) in [5.41, 5.74) is 5.73. The summed E-state index contributed by atoms with van der Waals surface area (Å²) in [6.07, 6.45) is 5.46. The van der Waals surface area contributed by atoms with Gasteiger partial charge in [-0.05, 0) is 65.7 Å². The van der Waals surface area contributed by atoms with E-state index in [1.165, 1.54) is 0 Å². The summed E-state index contributed by atoms with van der Waals surface area (Å²) < 4.78 is 1.97. The zero-order valence-electron chi connectivity index (χ0n) is 18.8. The molecule has 1 atom stereocenters. The van der Waals surface area contributed by atoms with Crippen molar-refractivity contribution in [3.63, 3.8) is 0 Å². The normalized spacial score (nSPS) is 15.3. The van der Waals surface area contributed by atoms with Crippen molar-refractivity contribution in [2.45, 2.75) is 5.92 Å². The van der Waals surface area contributed by atoms with Crippen molar-refractivity contribution in [3.05, 3.63) is 108 Å². The van der Waals surface area contributed by atoms with E-state index in [4.69, 9.17) is 16.6 Å². The highest BCUT2D eigenvalue weighted by Gasteiger charge is 2.35. The second kappa shape index (κ2) is 8.49. The lowest BCUT2D eigenvalue weighted by Crippen LogP contribution is -2.22. The Kier molecular flexibility index (Phi) is 5.16. The first-order valence-corrected chi connectivity index (χ1v) is 11.6. The summed E-state index contributed by atoms with van der Waals surface area (Å²) in [5, 5.41) is 4.53. The molecule has 2 aromatic heterocycles. The summed E-state index contributed by atoms with van der Waals surface area (Å²) >= 11 is 6.18. The van der Waals surface area contributed by atoms with Crippen LogP contribution < -0.4 is 5.32 Å². The molecule has 170 valence electrons. The minimum absolute atomic E-state index is 0.128. The van der Waals surface area contributed by atoms with Crippen LogP contribution in [0.15, 0.2) is 96.4 Å². The molecule has 0 bridgehead atoms. The summed E-state index contributed by atoms with van der Waals surface area (Å²) in [4.78, 5) is 27.0. The Bertz CT molecular complexity index is 1620. The molecule has 0 aliphatic carbocycles. The van der Waals surface area contributed by atoms with Crippen LogP contribution in [0.25, 0.3) is 22.3 Å². The van der Waals surface area contributed by atoms with Crippen LogP contribution in [-0.2, 0) is 11.8 Å². The Morgan fingerprint density at radius 3 is 2.66 bits per heavy atom. The van der Waals surface area contributed by atoms with Crippen LogP contribution in [0.5, 0.6) is 0 Å². The number of hydrogen-bond donors (Lipinski definition) is 1. The largest absolute Gasteiger partial charge is 0.334 e. The topological polar surface area (TPSA) is 72.2 Å². The highest BCUT2D eigenvalue weighted by atomic mass is 35.5. The van der Waals surface area contributed by atoms with Crippen LogP contribution in [0.2, 0.25) is 5.02 Å². The first-order chi connectivity index (χ1) is 17.1. The predicted molar refractivity (Wildman–Crippen MR) is 139 cm³/mol. The van der Waals surface area contributed by atoms with Gasteiger partial charge in [0.05, 0.1) is 16.9 Å². The number of hydrogen-bond acceptors (Lipinski definition) is 4. The van der Waals surface area contributed by atoms with Gasteiger partial charge in [-0.15, -0.1) is 0 Å². The maximum atomic E-state index is 13.2. The molecule has 6 rings (SSSR count).